The molecule has 0 atom stereocenters. The zero-order valence-corrected chi connectivity index (χ0v) is 8.95. The third-order valence-corrected chi connectivity index (χ3v) is 3.81. The van der Waals surface area contributed by atoms with Crippen molar-refractivity contribution in [3.8, 4) is 0 Å². The molecular weight excluding hydrogens is 202 g/mol. The van der Waals surface area contributed by atoms with Crippen molar-refractivity contribution in [3.63, 3.8) is 0 Å². The van der Waals surface area contributed by atoms with Crippen LogP contribution in [0.1, 0.15) is 6.92 Å². The number of nitrogens with two attached hydrogens (primary N) is 1. The minimum absolute atomic E-state index is 0.0793. The highest BCUT2D eigenvalue weighted by Crippen LogP contribution is 2.17. The lowest BCUT2D eigenvalue weighted by atomic mass is 10.4. The monoisotopic (exact) mass is 215 g/mol. The molecule has 0 aromatic carbocycles. The second kappa shape index (κ2) is 3.93. The summed E-state index contributed by atoms with van der Waals surface area (Å²) in [4.78, 5) is 3.76. The van der Waals surface area contributed by atoms with Crippen LogP contribution in [0.2, 0.25) is 0 Å². The summed E-state index contributed by atoms with van der Waals surface area (Å²) in [5.41, 5.74) is 5.70. The maximum atomic E-state index is 11.8. The molecule has 0 saturated heterocycles. The summed E-state index contributed by atoms with van der Waals surface area (Å²) >= 11 is 0. The Kier molecular flexibility index (Phi) is 3.07. The first-order valence-electron chi connectivity index (χ1n) is 4.17. The predicted molar refractivity (Wildman–Crippen MR) is 54.1 cm³/mol. The van der Waals surface area contributed by atoms with Crippen LogP contribution in [0.25, 0.3) is 0 Å². The molecule has 0 saturated carbocycles. The SMILES string of the molecule is CCN(C)S(=O)(=O)c1ncccc1N. The third kappa shape index (κ3) is 1.85. The van der Waals surface area contributed by atoms with E-state index in [2.05, 4.69) is 4.98 Å². The molecule has 14 heavy (non-hydrogen) atoms. The largest absolute Gasteiger partial charge is 0.396 e. The van der Waals surface area contributed by atoms with Crippen molar-refractivity contribution in [3.05, 3.63) is 18.3 Å². The lowest BCUT2D eigenvalue weighted by Gasteiger charge is -2.14. The average Bonchev–Trinajstić information content (AvgIpc) is 2.17. The molecule has 2 N–H and O–H groups in total. The number of hydrogen-bond donors (Lipinski definition) is 1. The standard InChI is InChI=1S/C8H13N3O2S/c1-3-11(2)14(12,13)8-7(9)5-4-6-10-8/h4-6H,3,9H2,1-2H3. The fourth-order valence-corrected chi connectivity index (χ4v) is 2.13. The van der Waals surface area contributed by atoms with E-state index in [0.29, 0.717) is 6.54 Å². The van der Waals surface area contributed by atoms with Crippen molar-refractivity contribution in [1.29, 1.82) is 0 Å². The first-order chi connectivity index (χ1) is 6.50. The van der Waals surface area contributed by atoms with Crippen LogP contribution in [0.4, 0.5) is 5.69 Å². The van der Waals surface area contributed by atoms with Gasteiger partial charge in [-0.05, 0) is 12.1 Å². The van der Waals surface area contributed by atoms with Gasteiger partial charge in [0.25, 0.3) is 10.0 Å². The normalized spacial score (nSPS) is 11.9. The summed E-state index contributed by atoms with van der Waals surface area (Å²) in [6.45, 7) is 2.13. The quantitative estimate of drug-likeness (QED) is 0.787. The lowest BCUT2D eigenvalue weighted by molar-refractivity contribution is 0.483. The van der Waals surface area contributed by atoms with E-state index in [-0.39, 0.29) is 10.7 Å². The summed E-state index contributed by atoms with van der Waals surface area (Å²) in [6.07, 6.45) is 1.41. The number of hydrogen-bond acceptors (Lipinski definition) is 4. The summed E-state index contributed by atoms with van der Waals surface area (Å²) in [7, 11) is -2.03. The third-order valence-electron chi connectivity index (χ3n) is 1.90. The number of anilines is 1. The molecule has 0 aliphatic rings. The Labute approximate surface area is 83.6 Å². The van der Waals surface area contributed by atoms with Crippen molar-refractivity contribution < 1.29 is 8.42 Å². The zero-order valence-electron chi connectivity index (χ0n) is 8.14. The number of sulfonamides is 1. The Morgan fingerprint density at radius 3 is 2.71 bits per heavy atom. The molecule has 5 nitrogen and oxygen atoms in total. The smallest absolute Gasteiger partial charge is 0.262 e. The Morgan fingerprint density at radius 1 is 1.57 bits per heavy atom. The molecule has 78 valence electrons. The Bertz CT molecular complexity index is 416. The van der Waals surface area contributed by atoms with Crippen LogP contribution in [0, 0.1) is 0 Å². The number of pyridine rings is 1. The Hall–Kier alpha value is -1.14. The van der Waals surface area contributed by atoms with E-state index >= 15 is 0 Å². The van der Waals surface area contributed by atoms with Crippen molar-refractivity contribution in [2.24, 2.45) is 0 Å². The molecule has 1 aromatic rings. The van der Waals surface area contributed by atoms with E-state index < -0.39 is 10.0 Å². The second-order valence-corrected chi connectivity index (χ2v) is 4.78. The van der Waals surface area contributed by atoms with Gasteiger partial charge in [0.05, 0.1) is 5.69 Å². The van der Waals surface area contributed by atoms with E-state index in [4.69, 9.17) is 5.73 Å². The number of rotatable bonds is 3. The van der Waals surface area contributed by atoms with E-state index in [9.17, 15) is 8.42 Å². The van der Waals surface area contributed by atoms with Gasteiger partial charge in [0.1, 0.15) is 0 Å². The molecule has 0 amide bonds. The minimum atomic E-state index is -3.52. The van der Waals surface area contributed by atoms with Crippen LogP contribution in [-0.4, -0.2) is 31.3 Å². The molecule has 6 heteroatoms. The second-order valence-electron chi connectivity index (χ2n) is 2.82. The van der Waals surface area contributed by atoms with Crippen LogP contribution in [0.3, 0.4) is 0 Å². The van der Waals surface area contributed by atoms with Crippen LogP contribution in [-0.2, 0) is 10.0 Å². The molecule has 0 aliphatic carbocycles. The Balaban J connectivity index is 3.24. The van der Waals surface area contributed by atoms with Gasteiger partial charge in [0.2, 0.25) is 0 Å². The average molecular weight is 215 g/mol. The van der Waals surface area contributed by atoms with Gasteiger partial charge in [-0.3, -0.25) is 0 Å². The van der Waals surface area contributed by atoms with Crippen LogP contribution < -0.4 is 5.73 Å². The first-order valence-corrected chi connectivity index (χ1v) is 5.61. The molecule has 1 rings (SSSR count). The van der Waals surface area contributed by atoms with Gasteiger partial charge in [-0.15, -0.1) is 0 Å². The van der Waals surface area contributed by atoms with Crippen molar-refractivity contribution in [2.75, 3.05) is 19.3 Å². The summed E-state index contributed by atoms with van der Waals surface area (Å²) < 4.78 is 24.7. The molecule has 0 fully saturated rings. The van der Waals surface area contributed by atoms with Crippen LogP contribution in [0.15, 0.2) is 23.4 Å². The highest BCUT2D eigenvalue weighted by atomic mass is 32.2. The fourth-order valence-electron chi connectivity index (χ4n) is 0.936. The molecule has 0 aliphatic heterocycles. The van der Waals surface area contributed by atoms with Gasteiger partial charge in [-0.1, -0.05) is 6.92 Å². The van der Waals surface area contributed by atoms with Gasteiger partial charge >= 0.3 is 0 Å². The van der Waals surface area contributed by atoms with E-state index in [1.165, 1.54) is 23.6 Å². The van der Waals surface area contributed by atoms with Crippen molar-refractivity contribution >= 4 is 15.7 Å². The molecule has 0 unspecified atom stereocenters. The van der Waals surface area contributed by atoms with Gasteiger partial charge < -0.3 is 5.73 Å². The van der Waals surface area contributed by atoms with Crippen LogP contribution >= 0.6 is 0 Å². The Morgan fingerprint density at radius 2 is 2.21 bits per heavy atom. The lowest BCUT2D eigenvalue weighted by Crippen LogP contribution is -2.28. The summed E-state index contributed by atoms with van der Waals surface area (Å²) in [5.74, 6) is 0. The molecule has 0 radical (unpaired) electrons. The van der Waals surface area contributed by atoms with E-state index in [1.54, 1.807) is 13.0 Å². The molecule has 0 spiro atoms. The van der Waals surface area contributed by atoms with Gasteiger partial charge in [0, 0.05) is 19.8 Å². The van der Waals surface area contributed by atoms with Crippen LogP contribution in [0.5, 0.6) is 0 Å². The number of nitrogen functional groups attached to an aromatic ring is 1. The summed E-state index contributed by atoms with van der Waals surface area (Å²) in [6, 6.07) is 3.11. The maximum absolute atomic E-state index is 11.8. The highest BCUT2D eigenvalue weighted by molar-refractivity contribution is 7.89. The summed E-state index contributed by atoms with van der Waals surface area (Å²) in [5, 5.41) is -0.0793. The van der Waals surface area contributed by atoms with Gasteiger partial charge in [-0.2, -0.15) is 4.31 Å². The predicted octanol–water partition coefficient (Wildman–Crippen LogP) is 0.304. The maximum Gasteiger partial charge on any atom is 0.262 e. The highest BCUT2D eigenvalue weighted by Gasteiger charge is 2.22. The van der Waals surface area contributed by atoms with E-state index in [1.807, 2.05) is 0 Å². The zero-order chi connectivity index (χ0) is 10.8. The fraction of sp³-hybridized carbons (Fsp3) is 0.375. The molecule has 1 heterocycles. The number of nitrogens with zero attached hydrogens (tertiary/aromatic N) is 2. The number of aromatic nitrogens is 1. The molecule has 1 aromatic heterocycles. The minimum Gasteiger partial charge on any atom is -0.396 e. The van der Waals surface area contributed by atoms with Crippen molar-refractivity contribution in [2.45, 2.75) is 11.9 Å². The van der Waals surface area contributed by atoms with Gasteiger partial charge in [-0.25, -0.2) is 13.4 Å². The molecule has 0 bridgehead atoms. The van der Waals surface area contributed by atoms with Gasteiger partial charge in [0.15, 0.2) is 5.03 Å². The molecular formula is C8H13N3O2S. The first kappa shape index (κ1) is 10.9. The topological polar surface area (TPSA) is 76.3 Å². The van der Waals surface area contributed by atoms with E-state index in [0.717, 1.165) is 0 Å². The van der Waals surface area contributed by atoms with Crippen molar-refractivity contribution in [1.82, 2.24) is 9.29 Å².